The maximum Gasteiger partial charge on any atom is 0.178 e. The van der Waals surface area contributed by atoms with Gasteiger partial charge in [0, 0.05) is 12.1 Å². The van der Waals surface area contributed by atoms with E-state index in [9.17, 15) is 4.39 Å². The summed E-state index contributed by atoms with van der Waals surface area (Å²) >= 11 is 0. The van der Waals surface area contributed by atoms with Crippen molar-refractivity contribution >= 4 is 0 Å². The van der Waals surface area contributed by atoms with Gasteiger partial charge in [0.25, 0.3) is 0 Å². The van der Waals surface area contributed by atoms with E-state index < -0.39 is 5.82 Å². The molecule has 84 valence electrons. The van der Waals surface area contributed by atoms with Gasteiger partial charge in [0.1, 0.15) is 11.6 Å². The summed E-state index contributed by atoms with van der Waals surface area (Å²) in [6.07, 6.45) is 1.47. The van der Waals surface area contributed by atoms with Crippen molar-refractivity contribution in [3.63, 3.8) is 0 Å². The van der Waals surface area contributed by atoms with E-state index in [1.165, 1.54) is 19.4 Å². The van der Waals surface area contributed by atoms with Gasteiger partial charge in [0.05, 0.1) is 18.9 Å². The van der Waals surface area contributed by atoms with Crippen molar-refractivity contribution in [3.8, 4) is 17.1 Å². The average molecular weight is 222 g/mol. The van der Waals surface area contributed by atoms with Gasteiger partial charge in [-0.1, -0.05) is 11.2 Å². The first-order valence-corrected chi connectivity index (χ1v) is 4.74. The summed E-state index contributed by atoms with van der Waals surface area (Å²) in [5.41, 5.74) is 6.41. The molecule has 0 amide bonds. The Morgan fingerprint density at radius 2 is 2.31 bits per heavy atom. The minimum absolute atomic E-state index is 0.232. The number of benzene rings is 1. The summed E-state index contributed by atoms with van der Waals surface area (Å²) in [6, 6.07) is 4.55. The molecule has 0 saturated heterocycles. The zero-order valence-electron chi connectivity index (χ0n) is 8.74. The summed E-state index contributed by atoms with van der Waals surface area (Å²) in [5.74, 6) is 0.287. The first kappa shape index (κ1) is 10.6. The molecule has 0 bridgehead atoms. The zero-order valence-corrected chi connectivity index (χ0v) is 8.74. The van der Waals surface area contributed by atoms with Crippen LogP contribution in [0.4, 0.5) is 4.39 Å². The second-order valence-electron chi connectivity index (χ2n) is 3.20. The molecule has 5 heteroatoms. The number of ether oxygens (including phenoxy) is 1. The number of hydrogen-bond donors (Lipinski definition) is 1. The Hall–Kier alpha value is -1.88. The van der Waals surface area contributed by atoms with E-state index in [1.54, 1.807) is 12.1 Å². The lowest BCUT2D eigenvalue weighted by Crippen LogP contribution is -1.98. The minimum atomic E-state index is -0.425. The lowest BCUT2D eigenvalue weighted by molar-refractivity contribution is 0.401. The molecule has 0 aliphatic heterocycles. The lowest BCUT2D eigenvalue weighted by Gasteiger charge is -2.07. The van der Waals surface area contributed by atoms with E-state index in [0.29, 0.717) is 17.1 Å². The van der Waals surface area contributed by atoms with Crippen molar-refractivity contribution in [3.05, 3.63) is 35.8 Å². The Labute approximate surface area is 91.8 Å². The average Bonchev–Trinajstić information content (AvgIpc) is 2.76. The van der Waals surface area contributed by atoms with Crippen LogP contribution < -0.4 is 10.5 Å². The van der Waals surface area contributed by atoms with Crippen LogP contribution in [0.5, 0.6) is 5.75 Å². The fourth-order valence-corrected chi connectivity index (χ4v) is 1.51. The third-order valence-electron chi connectivity index (χ3n) is 2.29. The molecule has 16 heavy (non-hydrogen) atoms. The van der Waals surface area contributed by atoms with Crippen LogP contribution in [-0.2, 0) is 6.54 Å². The highest BCUT2D eigenvalue weighted by molar-refractivity contribution is 5.68. The Morgan fingerprint density at radius 1 is 1.50 bits per heavy atom. The molecule has 0 spiro atoms. The highest BCUT2D eigenvalue weighted by atomic mass is 19.1. The molecule has 2 N–H and O–H groups in total. The molecular weight excluding hydrogens is 211 g/mol. The van der Waals surface area contributed by atoms with E-state index in [4.69, 9.17) is 15.0 Å². The van der Waals surface area contributed by atoms with Gasteiger partial charge in [-0.2, -0.15) is 0 Å². The van der Waals surface area contributed by atoms with Gasteiger partial charge >= 0.3 is 0 Å². The van der Waals surface area contributed by atoms with Crippen molar-refractivity contribution in [2.75, 3.05) is 7.11 Å². The van der Waals surface area contributed by atoms with E-state index >= 15 is 0 Å². The Morgan fingerprint density at radius 3 is 3.00 bits per heavy atom. The van der Waals surface area contributed by atoms with Crippen LogP contribution in [0.3, 0.4) is 0 Å². The number of aromatic nitrogens is 1. The largest absolute Gasteiger partial charge is 0.496 e. The molecule has 0 aliphatic rings. The monoisotopic (exact) mass is 222 g/mol. The van der Waals surface area contributed by atoms with Crippen LogP contribution in [0.2, 0.25) is 0 Å². The van der Waals surface area contributed by atoms with Crippen LogP contribution >= 0.6 is 0 Å². The fourth-order valence-electron chi connectivity index (χ4n) is 1.51. The molecule has 0 aliphatic carbocycles. The van der Waals surface area contributed by atoms with Crippen LogP contribution in [0, 0.1) is 5.82 Å². The quantitative estimate of drug-likeness (QED) is 0.862. The van der Waals surface area contributed by atoms with Gasteiger partial charge in [-0.05, 0) is 12.1 Å². The van der Waals surface area contributed by atoms with E-state index in [2.05, 4.69) is 5.16 Å². The number of hydrogen-bond acceptors (Lipinski definition) is 4. The Bertz CT molecular complexity index is 496. The van der Waals surface area contributed by atoms with Gasteiger partial charge < -0.3 is 15.0 Å². The summed E-state index contributed by atoms with van der Waals surface area (Å²) in [6.45, 7) is 0.232. The van der Waals surface area contributed by atoms with E-state index in [-0.39, 0.29) is 12.1 Å². The van der Waals surface area contributed by atoms with E-state index in [1.807, 2.05) is 0 Å². The molecule has 1 aromatic carbocycles. The summed E-state index contributed by atoms with van der Waals surface area (Å²) in [7, 11) is 1.47. The predicted octanol–water partition coefficient (Wildman–Crippen LogP) is 1.95. The van der Waals surface area contributed by atoms with Gasteiger partial charge in [0.15, 0.2) is 5.76 Å². The normalized spacial score (nSPS) is 10.4. The second kappa shape index (κ2) is 4.32. The summed E-state index contributed by atoms with van der Waals surface area (Å²) in [5, 5.41) is 3.61. The highest BCUT2D eigenvalue weighted by Crippen LogP contribution is 2.34. The molecule has 0 saturated carbocycles. The first-order valence-electron chi connectivity index (χ1n) is 4.74. The zero-order chi connectivity index (χ0) is 11.5. The molecule has 4 nitrogen and oxygen atoms in total. The van der Waals surface area contributed by atoms with Crippen molar-refractivity contribution in [2.45, 2.75) is 6.54 Å². The smallest absolute Gasteiger partial charge is 0.178 e. The number of nitrogens with two attached hydrogens (primary N) is 1. The number of nitrogens with zero attached hydrogens (tertiary/aromatic N) is 1. The standard InChI is InChI=1S/C11H11FN2O2/c1-15-9-4-2-3-8(12)10(9)11-7(5-13)6-14-16-11/h2-4,6H,5,13H2,1H3. The van der Waals surface area contributed by atoms with Crippen molar-refractivity contribution in [2.24, 2.45) is 5.73 Å². The Balaban J connectivity index is 2.63. The number of methoxy groups -OCH3 is 1. The first-order chi connectivity index (χ1) is 7.77. The van der Waals surface area contributed by atoms with Crippen molar-refractivity contribution in [1.29, 1.82) is 0 Å². The molecule has 0 radical (unpaired) electrons. The maximum absolute atomic E-state index is 13.7. The van der Waals surface area contributed by atoms with Gasteiger partial charge in [-0.15, -0.1) is 0 Å². The number of rotatable bonds is 3. The van der Waals surface area contributed by atoms with Crippen molar-refractivity contribution in [1.82, 2.24) is 5.16 Å². The van der Waals surface area contributed by atoms with Crippen LogP contribution in [0.1, 0.15) is 5.56 Å². The summed E-state index contributed by atoms with van der Waals surface area (Å²) in [4.78, 5) is 0. The molecule has 0 atom stereocenters. The topological polar surface area (TPSA) is 61.3 Å². The van der Waals surface area contributed by atoms with Crippen molar-refractivity contribution < 1.29 is 13.7 Å². The van der Waals surface area contributed by atoms with Gasteiger partial charge in [0.2, 0.25) is 0 Å². The predicted molar refractivity (Wildman–Crippen MR) is 56.3 cm³/mol. The molecule has 2 rings (SSSR count). The third-order valence-corrected chi connectivity index (χ3v) is 2.29. The molecule has 1 heterocycles. The molecular formula is C11H11FN2O2. The molecule has 1 aromatic heterocycles. The van der Waals surface area contributed by atoms with Gasteiger partial charge in [-0.3, -0.25) is 0 Å². The van der Waals surface area contributed by atoms with Crippen LogP contribution in [0.25, 0.3) is 11.3 Å². The molecule has 0 fully saturated rings. The second-order valence-corrected chi connectivity index (χ2v) is 3.20. The van der Waals surface area contributed by atoms with Gasteiger partial charge in [-0.25, -0.2) is 4.39 Å². The summed E-state index contributed by atoms with van der Waals surface area (Å²) < 4.78 is 23.8. The van der Waals surface area contributed by atoms with E-state index in [0.717, 1.165) is 0 Å². The maximum atomic E-state index is 13.7. The fraction of sp³-hybridized carbons (Fsp3) is 0.182. The SMILES string of the molecule is COc1cccc(F)c1-c1oncc1CN. The van der Waals surface area contributed by atoms with Crippen LogP contribution in [0.15, 0.2) is 28.9 Å². The van der Waals surface area contributed by atoms with Crippen LogP contribution in [-0.4, -0.2) is 12.3 Å². The lowest BCUT2D eigenvalue weighted by atomic mass is 10.1. The Kier molecular flexibility index (Phi) is 2.87. The third kappa shape index (κ3) is 1.65. The molecule has 2 aromatic rings. The minimum Gasteiger partial charge on any atom is -0.496 e. The molecule has 0 unspecified atom stereocenters. The number of halogens is 1. The highest BCUT2D eigenvalue weighted by Gasteiger charge is 2.18.